The van der Waals surface area contributed by atoms with Crippen molar-refractivity contribution in [1.82, 2.24) is 0 Å². The molecule has 0 saturated carbocycles. The lowest BCUT2D eigenvalue weighted by Crippen LogP contribution is -2.32. The second-order valence-corrected chi connectivity index (χ2v) is 4.24. The Kier molecular flexibility index (Phi) is 4.13. The average molecular weight is 242 g/mol. The fourth-order valence-electron chi connectivity index (χ4n) is 1.97. The van der Waals surface area contributed by atoms with E-state index < -0.39 is 5.79 Å². The van der Waals surface area contributed by atoms with Crippen LogP contribution >= 0.6 is 0 Å². The van der Waals surface area contributed by atoms with Crippen molar-refractivity contribution in [3.05, 3.63) is 65.8 Å². The van der Waals surface area contributed by atoms with Gasteiger partial charge in [-0.2, -0.15) is 0 Å². The van der Waals surface area contributed by atoms with E-state index in [1.54, 1.807) is 14.2 Å². The van der Waals surface area contributed by atoms with E-state index in [-0.39, 0.29) is 0 Å². The number of hydrogen-bond donors (Lipinski definition) is 0. The van der Waals surface area contributed by atoms with Crippen molar-refractivity contribution in [2.24, 2.45) is 0 Å². The zero-order valence-corrected chi connectivity index (χ0v) is 10.8. The van der Waals surface area contributed by atoms with Gasteiger partial charge in [0, 0.05) is 20.6 Å². The molecule has 1 aromatic rings. The lowest BCUT2D eigenvalue weighted by molar-refractivity contribution is -0.168. The molecule has 0 saturated heterocycles. The Bertz CT molecular complexity index is 465. The summed E-state index contributed by atoms with van der Waals surface area (Å²) in [5, 5.41) is 0. The Labute approximate surface area is 108 Å². The maximum atomic E-state index is 5.43. The Morgan fingerprint density at radius 2 is 1.78 bits per heavy atom. The Hall–Kier alpha value is -1.64. The third kappa shape index (κ3) is 2.97. The van der Waals surface area contributed by atoms with E-state index in [0.29, 0.717) is 0 Å². The van der Waals surface area contributed by atoms with Crippen LogP contribution in [0.2, 0.25) is 0 Å². The highest BCUT2D eigenvalue weighted by atomic mass is 16.7. The zero-order chi connectivity index (χ0) is 12.8. The van der Waals surface area contributed by atoms with Crippen LogP contribution in [0, 0.1) is 0 Å². The van der Waals surface area contributed by atoms with Crippen molar-refractivity contribution in [3.63, 3.8) is 0 Å². The Balaban J connectivity index is 2.10. The first-order valence-corrected chi connectivity index (χ1v) is 6.00. The van der Waals surface area contributed by atoms with Crippen LogP contribution in [0.5, 0.6) is 0 Å². The molecule has 1 aliphatic rings. The van der Waals surface area contributed by atoms with Gasteiger partial charge in [0.15, 0.2) is 5.79 Å². The van der Waals surface area contributed by atoms with E-state index in [2.05, 4.69) is 30.4 Å². The summed E-state index contributed by atoms with van der Waals surface area (Å²) in [5.74, 6) is -0.620. The molecule has 0 aliphatic heterocycles. The minimum absolute atomic E-state index is 0.620. The van der Waals surface area contributed by atoms with Crippen molar-refractivity contribution < 1.29 is 9.47 Å². The molecule has 0 fully saturated rings. The summed E-state index contributed by atoms with van der Waals surface area (Å²) < 4.78 is 10.9. The molecule has 1 aromatic carbocycles. The van der Waals surface area contributed by atoms with E-state index in [1.807, 2.05) is 30.4 Å². The predicted molar refractivity (Wildman–Crippen MR) is 74.1 cm³/mol. The lowest BCUT2D eigenvalue weighted by atomic mass is 9.98. The smallest absolute Gasteiger partial charge is 0.191 e. The van der Waals surface area contributed by atoms with Gasteiger partial charge in [0.1, 0.15) is 0 Å². The molecule has 0 N–H and O–H groups in total. The van der Waals surface area contributed by atoms with Crippen LogP contribution in [0.25, 0.3) is 6.08 Å². The number of allylic oxidation sites excluding steroid dienone is 3. The van der Waals surface area contributed by atoms with Crippen molar-refractivity contribution in [1.29, 1.82) is 0 Å². The van der Waals surface area contributed by atoms with Crippen LogP contribution in [-0.4, -0.2) is 20.0 Å². The first-order chi connectivity index (χ1) is 8.78. The van der Waals surface area contributed by atoms with Gasteiger partial charge in [-0.3, -0.25) is 0 Å². The number of rotatable bonds is 4. The predicted octanol–water partition coefficient (Wildman–Crippen LogP) is 3.58. The van der Waals surface area contributed by atoms with Gasteiger partial charge >= 0.3 is 0 Å². The molecule has 0 aromatic heterocycles. The van der Waals surface area contributed by atoms with E-state index in [9.17, 15) is 0 Å². The molecule has 1 aliphatic carbocycles. The molecule has 0 heterocycles. The van der Waals surface area contributed by atoms with Crippen LogP contribution in [0.3, 0.4) is 0 Å². The van der Waals surface area contributed by atoms with Crippen molar-refractivity contribution in [3.8, 4) is 0 Å². The second-order valence-electron chi connectivity index (χ2n) is 4.24. The van der Waals surface area contributed by atoms with Gasteiger partial charge in [-0.1, -0.05) is 54.6 Å². The molecular formula is C16H18O2. The number of benzene rings is 1. The first kappa shape index (κ1) is 12.8. The number of hydrogen-bond acceptors (Lipinski definition) is 2. The highest BCUT2D eigenvalue weighted by Gasteiger charge is 2.28. The molecule has 2 heteroatoms. The van der Waals surface area contributed by atoms with Crippen LogP contribution < -0.4 is 0 Å². The zero-order valence-electron chi connectivity index (χ0n) is 10.8. The highest BCUT2D eigenvalue weighted by Crippen LogP contribution is 2.27. The second kappa shape index (κ2) is 5.80. The van der Waals surface area contributed by atoms with Crippen molar-refractivity contribution in [2.45, 2.75) is 12.2 Å². The van der Waals surface area contributed by atoms with Crippen LogP contribution in [0.15, 0.2) is 60.2 Å². The van der Waals surface area contributed by atoms with Gasteiger partial charge in [-0.15, -0.1) is 0 Å². The molecule has 2 rings (SSSR count). The summed E-state index contributed by atoms with van der Waals surface area (Å²) in [6.45, 7) is 0. The maximum Gasteiger partial charge on any atom is 0.191 e. The molecule has 2 nitrogen and oxygen atoms in total. The monoisotopic (exact) mass is 242 g/mol. The van der Waals surface area contributed by atoms with E-state index >= 15 is 0 Å². The third-order valence-electron chi connectivity index (χ3n) is 3.09. The lowest BCUT2D eigenvalue weighted by Gasteiger charge is -2.29. The molecular weight excluding hydrogens is 224 g/mol. The van der Waals surface area contributed by atoms with Crippen molar-refractivity contribution >= 4 is 6.08 Å². The van der Waals surface area contributed by atoms with Crippen molar-refractivity contribution in [2.75, 3.05) is 14.2 Å². The van der Waals surface area contributed by atoms with E-state index in [4.69, 9.17) is 9.47 Å². The molecule has 94 valence electrons. The Morgan fingerprint density at radius 1 is 1.06 bits per heavy atom. The minimum Gasteiger partial charge on any atom is -0.349 e. The van der Waals surface area contributed by atoms with Gasteiger partial charge in [0.25, 0.3) is 0 Å². The summed E-state index contributed by atoms with van der Waals surface area (Å²) in [6.07, 6.45) is 10.9. The third-order valence-corrected chi connectivity index (χ3v) is 3.09. The van der Waals surface area contributed by atoms with Gasteiger partial charge in [-0.25, -0.2) is 0 Å². The summed E-state index contributed by atoms with van der Waals surface area (Å²) >= 11 is 0. The molecule has 0 atom stereocenters. The molecule has 0 unspecified atom stereocenters. The quantitative estimate of drug-likeness (QED) is 0.751. The first-order valence-electron chi connectivity index (χ1n) is 6.00. The topological polar surface area (TPSA) is 18.5 Å². The largest absolute Gasteiger partial charge is 0.349 e. The van der Waals surface area contributed by atoms with Crippen LogP contribution in [-0.2, 0) is 9.47 Å². The minimum atomic E-state index is -0.620. The summed E-state index contributed by atoms with van der Waals surface area (Å²) in [5.41, 5.74) is 2.37. The van der Waals surface area contributed by atoms with Gasteiger partial charge < -0.3 is 9.47 Å². The fourth-order valence-corrected chi connectivity index (χ4v) is 1.97. The van der Waals surface area contributed by atoms with Gasteiger partial charge in [-0.05, 0) is 17.2 Å². The molecule has 0 amide bonds. The number of ether oxygens (including phenoxy) is 2. The molecule has 0 bridgehead atoms. The summed E-state index contributed by atoms with van der Waals surface area (Å²) in [6, 6.07) is 10.2. The molecule has 0 radical (unpaired) electrons. The normalized spacial score (nSPS) is 18.0. The van der Waals surface area contributed by atoms with E-state index in [0.717, 1.165) is 6.42 Å². The van der Waals surface area contributed by atoms with Gasteiger partial charge in [0.2, 0.25) is 0 Å². The standard InChI is InChI=1S/C16H18O2/c1-17-16(18-2)12-6-9-15(13-16)11-10-14-7-4-3-5-8-14/h3-12H,13H2,1-2H3. The summed E-state index contributed by atoms with van der Waals surface area (Å²) in [7, 11) is 3.33. The van der Waals surface area contributed by atoms with E-state index in [1.165, 1.54) is 11.1 Å². The van der Waals surface area contributed by atoms with Crippen LogP contribution in [0.1, 0.15) is 12.0 Å². The average Bonchev–Trinajstić information content (AvgIpc) is 2.46. The fraction of sp³-hybridized carbons (Fsp3) is 0.250. The van der Waals surface area contributed by atoms with Gasteiger partial charge in [0.05, 0.1) is 0 Å². The SMILES string of the molecule is COC1(OC)C=CC=C(C=Cc2ccccc2)C1. The molecule has 18 heavy (non-hydrogen) atoms. The number of methoxy groups -OCH3 is 2. The molecule has 0 spiro atoms. The Morgan fingerprint density at radius 3 is 2.44 bits per heavy atom. The van der Waals surface area contributed by atoms with Crippen LogP contribution in [0.4, 0.5) is 0 Å². The summed E-state index contributed by atoms with van der Waals surface area (Å²) in [4.78, 5) is 0. The highest BCUT2D eigenvalue weighted by molar-refractivity contribution is 5.53. The maximum absolute atomic E-state index is 5.43.